The minimum absolute atomic E-state index is 0.0672. The van der Waals surface area contributed by atoms with E-state index in [0.717, 1.165) is 4.90 Å². The number of hydrogen-bond donors (Lipinski definition) is 1. The van der Waals surface area contributed by atoms with Crippen LogP contribution in [0, 0.1) is 0 Å². The van der Waals surface area contributed by atoms with E-state index < -0.39 is 39.1 Å². The van der Waals surface area contributed by atoms with Crippen molar-refractivity contribution in [3.05, 3.63) is 29.3 Å². The van der Waals surface area contributed by atoms with E-state index in [9.17, 15) is 18.0 Å². The van der Waals surface area contributed by atoms with Gasteiger partial charge < -0.3 is 10.1 Å². The zero-order chi connectivity index (χ0) is 18.6. The Kier molecular flexibility index (Phi) is 6.76. The molecule has 0 unspecified atom stereocenters. The van der Waals surface area contributed by atoms with Crippen LogP contribution < -0.4 is 5.32 Å². The Balaban J connectivity index is 1.82. The molecule has 0 aromatic heterocycles. The fourth-order valence-electron chi connectivity index (χ4n) is 2.32. The number of nitrogens with one attached hydrogen (secondary N) is 1. The number of sulfone groups is 1. The third-order valence-corrected chi connectivity index (χ3v) is 6.81. The van der Waals surface area contributed by atoms with Gasteiger partial charge in [0.05, 0.1) is 11.5 Å². The van der Waals surface area contributed by atoms with Crippen LogP contribution in [0.5, 0.6) is 0 Å². The Morgan fingerprint density at radius 3 is 2.48 bits per heavy atom. The van der Waals surface area contributed by atoms with E-state index in [2.05, 4.69) is 5.32 Å². The highest BCUT2D eigenvalue weighted by atomic mass is 35.5. The molecule has 0 saturated carbocycles. The fourth-order valence-corrected chi connectivity index (χ4v) is 4.97. The van der Waals surface area contributed by atoms with Gasteiger partial charge in [-0.15, -0.1) is 11.8 Å². The summed E-state index contributed by atoms with van der Waals surface area (Å²) in [5, 5.41) is 2.73. The Bertz CT molecular complexity index is 735. The highest BCUT2D eigenvalue weighted by Crippen LogP contribution is 2.25. The molecule has 1 saturated heterocycles. The quantitative estimate of drug-likeness (QED) is 0.575. The number of benzene rings is 1. The molecule has 1 aliphatic rings. The number of ether oxygens (including phenoxy) is 1. The number of amides is 1. The Hall–Kier alpha value is -1.25. The number of thioether (sulfide) groups is 1. The van der Waals surface area contributed by atoms with Crippen molar-refractivity contribution >= 4 is 45.1 Å². The molecule has 138 valence electrons. The van der Waals surface area contributed by atoms with Gasteiger partial charge in [0.2, 0.25) is 0 Å². The number of carbonyl (C=O) groups is 2. The first kappa shape index (κ1) is 20.1. The van der Waals surface area contributed by atoms with Crippen molar-refractivity contribution in [2.24, 2.45) is 0 Å². The maximum absolute atomic E-state index is 12.1. The van der Waals surface area contributed by atoms with Crippen molar-refractivity contribution in [1.29, 1.82) is 0 Å². The van der Waals surface area contributed by atoms with Gasteiger partial charge in [-0.3, -0.25) is 9.59 Å². The van der Waals surface area contributed by atoms with Gasteiger partial charge in [-0.2, -0.15) is 0 Å². The van der Waals surface area contributed by atoms with Crippen LogP contribution in [0.15, 0.2) is 29.2 Å². The van der Waals surface area contributed by atoms with E-state index >= 15 is 0 Å². The molecule has 0 bridgehead atoms. The fraction of sp³-hybridized carbons (Fsp3) is 0.500. The van der Waals surface area contributed by atoms with E-state index in [-0.39, 0.29) is 11.5 Å². The summed E-state index contributed by atoms with van der Waals surface area (Å²) in [5.41, 5.74) is 0. The maximum atomic E-state index is 12.1. The summed E-state index contributed by atoms with van der Waals surface area (Å²) in [5.74, 6) is -0.996. The van der Waals surface area contributed by atoms with Gasteiger partial charge in [0.1, 0.15) is 5.25 Å². The van der Waals surface area contributed by atoms with Gasteiger partial charge in [-0.25, -0.2) is 8.42 Å². The first-order chi connectivity index (χ1) is 11.7. The summed E-state index contributed by atoms with van der Waals surface area (Å²) >= 11 is 7.12. The Morgan fingerprint density at radius 1 is 1.28 bits per heavy atom. The summed E-state index contributed by atoms with van der Waals surface area (Å²) in [6.07, 6.45) is -0.596. The lowest BCUT2D eigenvalue weighted by Gasteiger charge is -2.18. The molecule has 1 amide bonds. The van der Waals surface area contributed by atoms with E-state index in [0.29, 0.717) is 11.4 Å². The third-order valence-electron chi connectivity index (χ3n) is 3.70. The van der Waals surface area contributed by atoms with Gasteiger partial charge >= 0.3 is 5.97 Å². The monoisotopic (exact) mass is 405 g/mol. The molecule has 0 aliphatic carbocycles. The van der Waals surface area contributed by atoms with Gasteiger partial charge in [-0.1, -0.05) is 11.6 Å². The number of carbonyl (C=O) groups excluding carboxylic acids is 2. The van der Waals surface area contributed by atoms with Crippen molar-refractivity contribution in [2.45, 2.75) is 42.6 Å². The summed E-state index contributed by atoms with van der Waals surface area (Å²) in [7, 11) is -3.08. The lowest BCUT2D eigenvalue weighted by molar-refractivity contribution is -0.154. The van der Waals surface area contributed by atoms with E-state index in [1.807, 2.05) is 0 Å². The first-order valence-electron chi connectivity index (χ1n) is 7.80. The van der Waals surface area contributed by atoms with E-state index in [1.165, 1.54) is 18.7 Å². The molecule has 6 nitrogen and oxygen atoms in total. The molecule has 1 aromatic rings. The molecule has 0 radical (unpaired) electrons. The highest BCUT2D eigenvalue weighted by Gasteiger charge is 2.31. The normalized spacial score (nSPS) is 21.3. The third kappa shape index (κ3) is 6.20. The second-order valence-electron chi connectivity index (χ2n) is 5.90. The zero-order valence-electron chi connectivity index (χ0n) is 13.9. The number of esters is 1. The SMILES string of the molecule is C[C@@H](OC(=O)[C@@H](C)Sc1ccc(Cl)cc1)C(=O)N[C@H]1CCS(=O)(=O)C1. The molecule has 1 aromatic carbocycles. The van der Waals surface area contributed by atoms with Crippen LogP contribution in [0.25, 0.3) is 0 Å². The van der Waals surface area contributed by atoms with Crippen LogP contribution in [0.1, 0.15) is 20.3 Å². The van der Waals surface area contributed by atoms with E-state index in [4.69, 9.17) is 16.3 Å². The summed E-state index contributed by atoms with van der Waals surface area (Å²) in [4.78, 5) is 25.0. The number of rotatable bonds is 6. The van der Waals surface area contributed by atoms with Crippen LogP contribution in [0.4, 0.5) is 0 Å². The van der Waals surface area contributed by atoms with Gasteiger partial charge in [0.25, 0.3) is 5.91 Å². The molecule has 1 aliphatic heterocycles. The molecular formula is C16H20ClNO5S2. The predicted octanol–water partition coefficient (Wildman–Crippen LogP) is 2.06. The second kappa shape index (κ2) is 8.42. The summed E-state index contributed by atoms with van der Waals surface area (Å²) < 4.78 is 28.0. The van der Waals surface area contributed by atoms with Crippen molar-refractivity contribution < 1.29 is 22.7 Å². The van der Waals surface area contributed by atoms with E-state index in [1.54, 1.807) is 31.2 Å². The number of halogens is 1. The van der Waals surface area contributed by atoms with Gasteiger partial charge in [0.15, 0.2) is 15.9 Å². The van der Waals surface area contributed by atoms with Crippen molar-refractivity contribution in [1.82, 2.24) is 5.32 Å². The Labute approximate surface area is 156 Å². The van der Waals surface area contributed by atoms with Crippen molar-refractivity contribution in [3.63, 3.8) is 0 Å². The lowest BCUT2D eigenvalue weighted by atomic mass is 10.2. The van der Waals surface area contributed by atoms with Crippen LogP contribution in [0.2, 0.25) is 5.02 Å². The molecule has 1 fully saturated rings. The van der Waals surface area contributed by atoms with Crippen LogP contribution >= 0.6 is 23.4 Å². The average molecular weight is 406 g/mol. The molecule has 9 heteroatoms. The maximum Gasteiger partial charge on any atom is 0.319 e. The standard InChI is InChI=1S/C16H20ClNO5S2/c1-10(15(19)18-13-7-8-25(21,22)9-13)23-16(20)11(2)24-14-5-3-12(17)4-6-14/h3-6,10-11,13H,7-9H2,1-2H3,(H,18,19)/t10-,11-,13+/m1/s1. The molecule has 3 atom stereocenters. The van der Waals surface area contributed by atoms with Crippen molar-refractivity contribution in [3.8, 4) is 0 Å². The smallest absolute Gasteiger partial charge is 0.319 e. The second-order valence-corrected chi connectivity index (χ2v) is 9.98. The van der Waals surface area contributed by atoms with Crippen LogP contribution in [0.3, 0.4) is 0 Å². The molecular weight excluding hydrogens is 386 g/mol. The van der Waals surface area contributed by atoms with Crippen LogP contribution in [-0.2, 0) is 24.2 Å². The molecule has 1 N–H and O–H groups in total. The molecule has 1 heterocycles. The highest BCUT2D eigenvalue weighted by molar-refractivity contribution is 8.00. The molecule has 2 rings (SSSR count). The molecule has 25 heavy (non-hydrogen) atoms. The van der Waals surface area contributed by atoms with Crippen LogP contribution in [-0.4, -0.2) is 49.2 Å². The average Bonchev–Trinajstić information content (AvgIpc) is 2.88. The molecule has 0 spiro atoms. The largest absolute Gasteiger partial charge is 0.452 e. The van der Waals surface area contributed by atoms with Gasteiger partial charge in [-0.05, 0) is 44.5 Å². The summed E-state index contributed by atoms with van der Waals surface area (Å²) in [6, 6.07) is 6.64. The Morgan fingerprint density at radius 2 is 1.92 bits per heavy atom. The minimum atomic E-state index is -3.08. The summed E-state index contributed by atoms with van der Waals surface area (Å²) in [6.45, 7) is 3.16. The van der Waals surface area contributed by atoms with Crippen molar-refractivity contribution in [2.75, 3.05) is 11.5 Å². The lowest BCUT2D eigenvalue weighted by Crippen LogP contribution is -2.43. The first-order valence-corrected chi connectivity index (χ1v) is 10.9. The van der Waals surface area contributed by atoms with Gasteiger partial charge in [0, 0.05) is 16.0 Å². The predicted molar refractivity (Wildman–Crippen MR) is 97.5 cm³/mol. The zero-order valence-corrected chi connectivity index (χ0v) is 16.3. The topological polar surface area (TPSA) is 89.5 Å². The minimum Gasteiger partial charge on any atom is -0.452 e. The number of hydrogen-bond acceptors (Lipinski definition) is 6.